The van der Waals surface area contributed by atoms with Crippen LogP contribution in [0.15, 0.2) is 36.7 Å². The van der Waals surface area contributed by atoms with E-state index in [4.69, 9.17) is 17.3 Å². The highest BCUT2D eigenvalue weighted by Crippen LogP contribution is 2.22. The summed E-state index contributed by atoms with van der Waals surface area (Å²) < 4.78 is 13.3. The molecule has 0 spiro atoms. The molecule has 0 saturated carbocycles. The van der Waals surface area contributed by atoms with Crippen molar-refractivity contribution in [1.29, 1.82) is 0 Å². The normalized spacial score (nSPS) is 12.4. The number of aryl methyl sites for hydroxylation is 1. The minimum atomic E-state index is -0.278. The molecule has 0 aliphatic rings. The highest BCUT2D eigenvalue weighted by molar-refractivity contribution is 6.31. The quantitative estimate of drug-likeness (QED) is 0.923. The Morgan fingerprint density at radius 1 is 1.39 bits per heavy atom. The van der Waals surface area contributed by atoms with Crippen molar-refractivity contribution in [2.24, 2.45) is 5.73 Å². The van der Waals surface area contributed by atoms with Crippen molar-refractivity contribution in [2.75, 3.05) is 0 Å². The Kier molecular flexibility index (Phi) is 3.94. The van der Waals surface area contributed by atoms with Crippen molar-refractivity contribution in [2.45, 2.75) is 19.4 Å². The molecule has 1 unspecified atom stereocenters. The van der Waals surface area contributed by atoms with Crippen molar-refractivity contribution < 1.29 is 4.39 Å². The average Bonchev–Trinajstić information content (AvgIpc) is 2.31. The molecule has 0 radical (unpaired) electrons. The van der Waals surface area contributed by atoms with Crippen LogP contribution in [0.5, 0.6) is 0 Å². The van der Waals surface area contributed by atoms with Gasteiger partial charge < -0.3 is 5.73 Å². The first-order valence-corrected chi connectivity index (χ1v) is 6.05. The summed E-state index contributed by atoms with van der Waals surface area (Å²) >= 11 is 6.03. The fraction of sp³-hybridized carbons (Fsp3) is 0.214. The van der Waals surface area contributed by atoms with Crippen LogP contribution in [0.25, 0.3) is 0 Å². The topological polar surface area (TPSA) is 38.9 Å². The largest absolute Gasteiger partial charge is 0.324 e. The van der Waals surface area contributed by atoms with Crippen molar-refractivity contribution in [3.8, 4) is 0 Å². The summed E-state index contributed by atoms with van der Waals surface area (Å²) in [7, 11) is 0. The molecule has 1 aromatic carbocycles. The highest BCUT2D eigenvalue weighted by Gasteiger charge is 2.11. The summed E-state index contributed by atoms with van der Waals surface area (Å²) in [6, 6.07) is 6.39. The molecular weight excluding hydrogens is 251 g/mol. The van der Waals surface area contributed by atoms with E-state index in [9.17, 15) is 4.39 Å². The van der Waals surface area contributed by atoms with E-state index >= 15 is 0 Å². The van der Waals surface area contributed by atoms with Crippen LogP contribution >= 0.6 is 11.6 Å². The van der Waals surface area contributed by atoms with Gasteiger partial charge in [-0.15, -0.1) is 0 Å². The molecule has 2 nitrogen and oxygen atoms in total. The standard InChI is InChI=1S/C14H14ClFN2/c1-9-4-11(6-12(16)5-9)14(17)7-10-2-3-18-8-13(10)15/h2-6,8,14H,7,17H2,1H3. The van der Waals surface area contributed by atoms with Gasteiger partial charge in [-0.25, -0.2) is 4.39 Å². The maximum absolute atomic E-state index is 13.3. The predicted octanol–water partition coefficient (Wildman–Crippen LogP) is 3.43. The molecule has 0 saturated heterocycles. The maximum atomic E-state index is 13.3. The lowest BCUT2D eigenvalue weighted by atomic mass is 9.99. The number of halogens is 2. The average molecular weight is 265 g/mol. The third kappa shape index (κ3) is 3.06. The highest BCUT2D eigenvalue weighted by atomic mass is 35.5. The zero-order chi connectivity index (χ0) is 13.1. The molecule has 1 heterocycles. The lowest BCUT2D eigenvalue weighted by Crippen LogP contribution is -2.14. The fourth-order valence-electron chi connectivity index (χ4n) is 1.90. The molecule has 18 heavy (non-hydrogen) atoms. The van der Waals surface area contributed by atoms with Gasteiger partial charge in [-0.2, -0.15) is 0 Å². The zero-order valence-corrected chi connectivity index (χ0v) is 10.8. The summed E-state index contributed by atoms with van der Waals surface area (Å²) in [6.07, 6.45) is 3.81. The van der Waals surface area contributed by atoms with Crippen LogP contribution < -0.4 is 5.73 Å². The Bertz CT molecular complexity index is 537. The van der Waals surface area contributed by atoms with Crippen LogP contribution in [0.3, 0.4) is 0 Å². The van der Waals surface area contributed by atoms with E-state index < -0.39 is 0 Å². The molecular formula is C14H14ClFN2. The molecule has 0 aliphatic heterocycles. The van der Waals surface area contributed by atoms with Crippen molar-refractivity contribution in [3.63, 3.8) is 0 Å². The second-order valence-corrected chi connectivity index (χ2v) is 4.75. The second kappa shape index (κ2) is 5.46. The molecule has 1 atom stereocenters. The molecule has 1 aromatic heterocycles. The van der Waals surface area contributed by atoms with Gasteiger partial charge in [-0.3, -0.25) is 4.98 Å². The van der Waals surface area contributed by atoms with E-state index in [1.807, 2.05) is 19.1 Å². The lowest BCUT2D eigenvalue weighted by molar-refractivity contribution is 0.617. The number of benzene rings is 1. The second-order valence-electron chi connectivity index (χ2n) is 4.34. The summed E-state index contributed by atoms with van der Waals surface area (Å²) in [5, 5.41) is 0.584. The number of rotatable bonds is 3. The molecule has 0 fully saturated rings. The van der Waals surface area contributed by atoms with E-state index in [0.29, 0.717) is 11.4 Å². The number of nitrogens with zero attached hydrogens (tertiary/aromatic N) is 1. The van der Waals surface area contributed by atoms with Gasteiger partial charge in [-0.05, 0) is 48.2 Å². The van der Waals surface area contributed by atoms with Crippen LogP contribution in [0.2, 0.25) is 5.02 Å². The summed E-state index contributed by atoms with van der Waals surface area (Å²) in [5.41, 5.74) is 8.65. The van der Waals surface area contributed by atoms with Gasteiger partial charge in [-0.1, -0.05) is 17.7 Å². The monoisotopic (exact) mass is 264 g/mol. The maximum Gasteiger partial charge on any atom is 0.123 e. The Morgan fingerprint density at radius 2 is 2.17 bits per heavy atom. The van der Waals surface area contributed by atoms with Crippen molar-refractivity contribution in [1.82, 2.24) is 4.98 Å². The smallest absolute Gasteiger partial charge is 0.123 e. The van der Waals surface area contributed by atoms with E-state index in [2.05, 4.69) is 4.98 Å². The first-order valence-electron chi connectivity index (χ1n) is 5.67. The van der Waals surface area contributed by atoms with Gasteiger partial charge in [0.2, 0.25) is 0 Å². The molecule has 0 aliphatic carbocycles. The Balaban J connectivity index is 2.22. The van der Waals surface area contributed by atoms with Gasteiger partial charge in [0.1, 0.15) is 5.82 Å². The predicted molar refractivity (Wildman–Crippen MR) is 71.0 cm³/mol. The van der Waals surface area contributed by atoms with Crippen molar-refractivity contribution >= 4 is 11.6 Å². The molecule has 94 valence electrons. The number of hydrogen-bond donors (Lipinski definition) is 1. The SMILES string of the molecule is Cc1cc(F)cc(C(N)Cc2ccncc2Cl)c1. The number of pyridine rings is 1. The van der Waals surface area contributed by atoms with Gasteiger partial charge in [0.15, 0.2) is 0 Å². The lowest BCUT2D eigenvalue weighted by Gasteiger charge is -2.14. The Morgan fingerprint density at radius 3 is 2.83 bits per heavy atom. The van der Waals surface area contributed by atoms with Gasteiger partial charge in [0, 0.05) is 18.4 Å². The van der Waals surface area contributed by atoms with Gasteiger partial charge in [0.05, 0.1) is 5.02 Å². The molecule has 0 amide bonds. The van der Waals surface area contributed by atoms with Crippen LogP contribution in [-0.4, -0.2) is 4.98 Å². The summed E-state index contributed by atoms with van der Waals surface area (Å²) in [5.74, 6) is -0.263. The minimum absolute atomic E-state index is 0.263. The summed E-state index contributed by atoms with van der Waals surface area (Å²) in [6.45, 7) is 1.85. The molecule has 4 heteroatoms. The minimum Gasteiger partial charge on any atom is -0.324 e. The van der Waals surface area contributed by atoms with E-state index in [1.165, 1.54) is 12.1 Å². The van der Waals surface area contributed by atoms with E-state index in [-0.39, 0.29) is 11.9 Å². The first kappa shape index (κ1) is 13.0. The third-order valence-corrected chi connectivity index (χ3v) is 3.13. The van der Waals surface area contributed by atoms with Crippen LogP contribution in [0, 0.1) is 12.7 Å². The third-order valence-electron chi connectivity index (χ3n) is 2.79. The van der Waals surface area contributed by atoms with Gasteiger partial charge in [0.25, 0.3) is 0 Å². The Labute approximate surface area is 111 Å². The Hall–Kier alpha value is -1.45. The molecule has 0 bridgehead atoms. The summed E-state index contributed by atoms with van der Waals surface area (Å²) in [4.78, 5) is 3.92. The fourth-order valence-corrected chi connectivity index (χ4v) is 2.10. The van der Waals surface area contributed by atoms with E-state index in [1.54, 1.807) is 12.4 Å². The van der Waals surface area contributed by atoms with Crippen LogP contribution in [-0.2, 0) is 6.42 Å². The van der Waals surface area contributed by atoms with Crippen LogP contribution in [0.1, 0.15) is 22.7 Å². The number of nitrogens with two attached hydrogens (primary N) is 1. The zero-order valence-electron chi connectivity index (χ0n) is 10.0. The van der Waals surface area contributed by atoms with Gasteiger partial charge >= 0.3 is 0 Å². The molecule has 2 rings (SSSR count). The van der Waals surface area contributed by atoms with Crippen LogP contribution in [0.4, 0.5) is 4.39 Å². The van der Waals surface area contributed by atoms with E-state index in [0.717, 1.165) is 16.7 Å². The molecule has 2 aromatic rings. The number of aromatic nitrogens is 1. The first-order chi connectivity index (χ1) is 8.56. The number of hydrogen-bond acceptors (Lipinski definition) is 2. The molecule has 2 N–H and O–H groups in total. The van der Waals surface area contributed by atoms with Crippen molar-refractivity contribution in [3.05, 3.63) is 64.2 Å².